The van der Waals surface area contributed by atoms with Crippen LogP contribution in [-0.4, -0.2) is 23.2 Å². The monoisotopic (exact) mass is 331 g/mol. The largest absolute Gasteiger partial charge is 0.383 e. The molecule has 0 saturated carbocycles. The summed E-state index contributed by atoms with van der Waals surface area (Å²) in [5, 5.41) is 14.7. The molecule has 0 amide bonds. The summed E-state index contributed by atoms with van der Waals surface area (Å²) in [6.07, 6.45) is 2.21. The van der Waals surface area contributed by atoms with Crippen LogP contribution in [0.3, 0.4) is 0 Å². The standard InChI is InChI=1S/C19H17N5O/c1-10-13-8-12(2-3-15(13)25-23-10)16-14(9-20)19(21)22-17-11-4-6-24(7-5-11)18(16)17/h2-3,8,11H,4-7H2,1H3,(H2,21,22). The quantitative estimate of drug-likeness (QED) is 0.735. The molecule has 25 heavy (non-hydrogen) atoms. The highest BCUT2D eigenvalue weighted by molar-refractivity contribution is 5.93. The zero-order chi connectivity index (χ0) is 17.1. The van der Waals surface area contributed by atoms with Gasteiger partial charge in [0.2, 0.25) is 0 Å². The Bertz CT molecular complexity index is 1050. The van der Waals surface area contributed by atoms with E-state index in [2.05, 4.69) is 21.1 Å². The van der Waals surface area contributed by atoms with Crippen LogP contribution in [0.2, 0.25) is 0 Å². The summed E-state index contributed by atoms with van der Waals surface area (Å²) in [4.78, 5) is 6.96. The van der Waals surface area contributed by atoms with Crippen LogP contribution in [0.15, 0.2) is 22.7 Å². The van der Waals surface area contributed by atoms with Crippen molar-refractivity contribution in [1.82, 2.24) is 10.1 Å². The predicted octanol–water partition coefficient (Wildman–Crippen LogP) is 3.35. The highest BCUT2D eigenvalue weighted by atomic mass is 16.5. The molecule has 3 aromatic rings. The first kappa shape index (κ1) is 14.3. The molecule has 0 aliphatic carbocycles. The molecule has 0 spiro atoms. The summed E-state index contributed by atoms with van der Waals surface area (Å²) < 4.78 is 5.32. The van der Waals surface area contributed by atoms with Gasteiger partial charge in [0.15, 0.2) is 5.58 Å². The van der Waals surface area contributed by atoms with Gasteiger partial charge in [0.05, 0.1) is 17.1 Å². The fourth-order valence-electron chi connectivity index (χ4n) is 4.20. The second-order valence-corrected chi connectivity index (χ2v) is 6.83. The van der Waals surface area contributed by atoms with Gasteiger partial charge < -0.3 is 15.2 Å². The first-order valence-electron chi connectivity index (χ1n) is 8.52. The average molecular weight is 331 g/mol. The number of rotatable bonds is 1. The molecule has 3 aliphatic heterocycles. The van der Waals surface area contributed by atoms with Crippen molar-refractivity contribution < 1.29 is 4.52 Å². The smallest absolute Gasteiger partial charge is 0.167 e. The average Bonchev–Trinajstić information content (AvgIpc) is 3.02. The molecule has 6 rings (SSSR count). The van der Waals surface area contributed by atoms with Gasteiger partial charge in [0, 0.05) is 30.0 Å². The first-order valence-corrected chi connectivity index (χ1v) is 8.52. The summed E-state index contributed by atoms with van der Waals surface area (Å²) in [5.74, 6) is 0.766. The summed E-state index contributed by atoms with van der Waals surface area (Å²) in [6.45, 7) is 3.94. The van der Waals surface area contributed by atoms with Crippen molar-refractivity contribution >= 4 is 22.5 Å². The molecule has 5 heterocycles. The van der Waals surface area contributed by atoms with Crippen LogP contribution in [0.4, 0.5) is 11.5 Å². The highest BCUT2D eigenvalue weighted by Gasteiger charge is 2.36. The van der Waals surface area contributed by atoms with E-state index < -0.39 is 0 Å². The number of benzene rings is 1. The molecule has 6 nitrogen and oxygen atoms in total. The van der Waals surface area contributed by atoms with Crippen LogP contribution in [0.25, 0.3) is 22.1 Å². The van der Waals surface area contributed by atoms with E-state index in [-0.39, 0.29) is 0 Å². The third-order valence-corrected chi connectivity index (χ3v) is 5.48. The SMILES string of the molecule is Cc1noc2ccc(-c3c(C#N)c(N)nc4c3N3CCC4CC3)cc12. The first-order chi connectivity index (χ1) is 12.2. The number of nitrogens with zero attached hydrogens (tertiary/aromatic N) is 4. The van der Waals surface area contributed by atoms with Crippen molar-refractivity contribution in [2.45, 2.75) is 25.7 Å². The fraction of sp³-hybridized carbons (Fsp3) is 0.316. The summed E-state index contributed by atoms with van der Waals surface area (Å²) in [6, 6.07) is 8.20. The van der Waals surface area contributed by atoms with E-state index in [9.17, 15) is 5.26 Å². The van der Waals surface area contributed by atoms with Crippen LogP contribution >= 0.6 is 0 Å². The molecule has 0 unspecified atom stereocenters. The number of aromatic nitrogens is 2. The van der Waals surface area contributed by atoms with Gasteiger partial charge in [-0.3, -0.25) is 0 Å². The maximum absolute atomic E-state index is 9.74. The summed E-state index contributed by atoms with van der Waals surface area (Å²) in [5.41, 5.74) is 12.2. The molecule has 0 atom stereocenters. The van der Waals surface area contributed by atoms with Crippen LogP contribution in [0.5, 0.6) is 0 Å². The highest BCUT2D eigenvalue weighted by Crippen LogP contribution is 2.48. The predicted molar refractivity (Wildman–Crippen MR) is 95.3 cm³/mol. The molecule has 2 aromatic heterocycles. The number of piperidine rings is 1. The Morgan fingerprint density at radius 2 is 2.12 bits per heavy atom. The number of anilines is 2. The van der Waals surface area contributed by atoms with Crippen molar-refractivity contribution in [2.75, 3.05) is 23.7 Å². The van der Waals surface area contributed by atoms with Crippen molar-refractivity contribution in [2.24, 2.45) is 0 Å². The Morgan fingerprint density at radius 3 is 2.88 bits per heavy atom. The lowest BCUT2D eigenvalue weighted by Gasteiger charge is -2.42. The molecular formula is C19H17N5O. The number of nitrogens with two attached hydrogens (primary N) is 1. The van der Waals surface area contributed by atoms with Gasteiger partial charge in [-0.15, -0.1) is 0 Å². The van der Waals surface area contributed by atoms with Gasteiger partial charge in [-0.25, -0.2) is 4.98 Å². The Hall–Kier alpha value is -3.07. The van der Waals surface area contributed by atoms with E-state index >= 15 is 0 Å². The Balaban J connectivity index is 1.85. The molecule has 2 bridgehead atoms. The second-order valence-electron chi connectivity index (χ2n) is 6.83. The third kappa shape index (κ3) is 1.89. The number of nitrogen functional groups attached to an aromatic ring is 1. The number of hydrogen-bond acceptors (Lipinski definition) is 6. The van der Waals surface area contributed by atoms with Crippen molar-refractivity contribution in [3.8, 4) is 17.2 Å². The molecule has 1 aromatic carbocycles. The lowest BCUT2D eigenvalue weighted by atomic mass is 9.82. The third-order valence-electron chi connectivity index (χ3n) is 5.48. The van der Waals surface area contributed by atoms with Crippen LogP contribution < -0.4 is 10.6 Å². The fourth-order valence-corrected chi connectivity index (χ4v) is 4.20. The van der Waals surface area contributed by atoms with Gasteiger partial charge >= 0.3 is 0 Å². The van der Waals surface area contributed by atoms with Crippen LogP contribution in [-0.2, 0) is 0 Å². The molecule has 1 fully saturated rings. The van der Waals surface area contributed by atoms with Gasteiger partial charge in [-0.1, -0.05) is 11.2 Å². The number of nitriles is 1. The van der Waals surface area contributed by atoms with Gasteiger partial charge in [-0.05, 0) is 37.5 Å². The van der Waals surface area contributed by atoms with E-state index in [1.54, 1.807) is 0 Å². The van der Waals surface area contributed by atoms with Crippen LogP contribution in [0, 0.1) is 18.3 Å². The lowest BCUT2D eigenvalue weighted by molar-refractivity contribution is 0.450. The summed E-state index contributed by atoms with van der Waals surface area (Å²) >= 11 is 0. The Labute approximate surface area is 144 Å². The molecule has 1 saturated heterocycles. The van der Waals surface area contributed by atoms with E-state index in [4.69, 9.17) is 10.3 Å². The molecule has 0 radical (unpaired) electrons. The van der Waals surface area contributed by atoms with E-state index in [1.807, 2.05) is 25.1 Å². The lowest BCUT2D eigenvalue weighted by Crippen LogP contribution is -2.40. The second kappa shape index (κ2) is 4.96. The normalized spacial score (nSPS) is 16.2. The molecular weight excluding hydrogens is 314 g/mol. The van der Waals surface area contributed by atoms with Crippen molar-refractivity contribution in [3.63, 3.8) is 0 Å². The number of hydrogen-bond donors (Lipinski definition) is 1. The maximum Gasteiger partial charge on any atom is 0.167 e. The van der Waals surface area contributed by atoms with Crippen LogP contribution in [0.1, 0.15) is 35.7 Å². The maximum atomic E-state index is 9.74. The minimum absolute atomic E-state index is 0.326. The zero-order valence-corrected chi connectivity index (χ0v) is 13.9. The van der Waals surface area contributed by atoms with E-state index in [1.165, 1.54) is 0 Å². The van der Waals surface area contributed by atoms with Crippen molar-refractivity contribution in [1.29, 1.82) is 5.26 Å². The number of aryl methyl sites for hydroxylation is 1. The minimum atomic E-state index is 0.326. The minimum Gasteiger partial charge on any atom is -0.383 e. The number of pyridine rings is 1. The van der Waals surface area contributed by atoms with Gasteiger partial charge in [0.1, 0.15) is 17.5 Å². The molecule has 3 aliphatic rings. The molecule has 6 heteroatoms. The van der Waals surface area contributed by atoms with E-state index in [0.717, 1.165) is 65.1 Å². The molecule has 2 N–H and O–H groups in total. The molecule has 124 valence electrons. The Morgan fingerprint density at radius 1 is 1.32 bits per heavy atom. The Kier molecular flexibility index (Phi) is 2.84. The van der Waals surface area contributed by atoms with E-state index in [0.29, 0.717) is 17.3 Å². The van der Waals surface area contributed by atoms with Gasteiger partial charge in [0.25, 0.3) is 0 Å². The topological polar surface area (TPSA) is 92.0 Å². The number of fused-ring (bicyclic) bond motifs is 3. The zero-order valence-electron chi connectivity index (χ0n) is 13.9. The summed E-state index contributed by atoms with van der Waals surface area (Å²) in [7, 11) is 0. The van der Waals surface area contributed by atoms with Gasteiger partial charge in [-0.2, -0.15) is 5.26 Å². The van der Waals surface area contributed by atoms with Crippen molar-refractivity contribution in [3.05, 3.63) is 35.2 Å².